The summed E-state index contributed by atoms with van der Waals surface area (Å²) in [5.41, 5.74) is -4.45. The first-order valence-electron chi connectivity index (χ1n) is 10.1. The average molecular weight is 514 g/mol. The van der Waals surface area contributed by atoms with E-state index in [1.165, 1.54) is 0 Å². The second-order valence-corrected chi connectivity index (χ2v) is 8.11. The number of hydrogen-bond acceptors (Lipinski definition) is 3. The summed E-state index contributed by atoms with van der Waals surface area (Å²) < 4.78 is 124. The molecule has 0 saturated heterocycles. The van der Waals surface area contributed by atoms with Crippen LogP contribution in [0.4, 0.5) is 50.0 Å². The highest BCUT2D eigenvalue weighted by Crippen LogP contribution is 2.42. The molecule has 2 aromatic carbocycles. The lowest BCUT2D eigenvalue weighted by atomic mass is 9.90. The van der Waals surface area contributed by atoms with Crippen LogP contribution >= 0.6 is 0 Å². The van der Waals surface area contributed by atoms with Gasteiger partial charge in [-0.3, -0.25) is 4.90 Å². The Hall–Kier alpha value is -3.12. The van der Waals surface area contributed by atoms with E-state index in [4.69, 9.17) is 0 Å². The summed E-state index contributed by atoms with van der Waals surface area (Å²) in [6, 6.07) is 2.13. The molecule has 0 spiro atoms. The van der Waals surface area contributed by atoms with Crippen molar-refractivity contribution in [3.63, 3.8) is 0 Å². The summed E-state index contributed by atoms with van der Waals surface area (Å²) in [5.74, 6) is 0. The summed E-state index contributed by atoms with van der Waals surface area (Å²) in [7, 11) is 0.945. The van der Waals surface area contributed by atoms with Crippen LogP contribution in [0.3, 0.4) is 0 Å². The van der Waals surface area contributed by atoms with Crippen molar-refractivity contribution in [1.82, 2.24) is 4.90 Å². The van der Waals surface area contributed by atoms with Crippen LogP contribution in [-0.2, 0) is 29.8 Å². The van der Waals surface area contributed by atoms with E-state index in [1.54, 1.807) is 6.92 Å². The van der Waals surface area contributed by atoms with Gasteiger partial charge >= 0.3 is 24.6 Å². The van der Waals surface area contributed by atoms with Crippen molar-refractivity contribution in [3.8, 4) is 0 Å². The average Bonchev–Trinajstić information content (AvgIpc) is 2.74. The van der Waals surface area contributed by atoms with Gasteiger partial charge in [-0.2, -0.15) is 39.5 Å². The van der Waals surface area contributed by atoms with E-state index in [0.717, 1.165) is 30.2 Å². The maximum atomic E-state index is 13.3. The Morgan fingerprint density at radius 1 is 0.914 bits per heavy atom. The minimum atomic E-state index is -5.11. The summed E-state index contributed by atoms with van der Waals surface area (Å²) in [6.07, 6.45) is -16.0. The number of carbonyl (C=O) groups excluding carboxylic acids is 1. The zero-order valence-electron chi connectivity index (χ0n) is 18.2. The van der Waals surface area contributed by atoms with Gasteiger partial charge in [-0.15, -0.1) is 0 Å². The van der Waals surface area contributed by atoms with Crippen LogP contribution in [0.25, 0.3) is 0 Å². The van der Waals surface area contributed by atoms with Crippen molar-refractivity contribution in [2.45, 2.75) is 50.5 Å². The molecule has 2 atom stereocenters. The third-order valence-corrected chi connectivity index (χ3v) is 5.50. The van der Waals surface area contributed by atoms with Gasteiger partial charge in [0, 0.05) is 18.3 Å². The molecule has 2 aromatic rings. The number of benzene rings is 2. The number of nitrogens with one attached hydrogen (secondary N) is 1. The quantitative estimate of drug-likeness (QED) is 0.439. The number of halogens is 9. The van der Waals surface area contributed by atoms with Crippen LogP contribution < -0.4 is 5.32 Å². The third kappa shape index (κ3) is 5.93. The van der Waals surface area contributed by atoms with Crippen LogP contribution in [0.2, 0.25) is 0 Å². The van der Waals surface area contributed by atoms with Gasteiger partial charge < -0.3 is 10.1 Å². The van der Waals surface area contributed by atoms with E-state index >= 15 is 0 Å². The molecular formula is C22H19F9N2O2. The zero-order valence-corrected chi connectivity index (χ0v) is 18.2. The Morgan fingerprint density at radius 2 is 1.46 bits per heavy atom. The third-order valence-electron chi connectivity index (χ3n) is 5.50. The molecule has 1 aliphatic rings. The fourth-order valence-corrected chi connectivity index (χ4v) is 3.95. The molecule has 1 N–H and O–H groups in total. The molecule has 1 amide bonds. The number of nitrogens with zero attached hydrogens (tertiary/aromatic N) is 1. The van der Waals surface area contributed by atoms with E-state index < -0.39 is 59.5 Å². The molecule has 1 aliphatic heterocycles. The number of anilines is 1. The van der Waals surface area contributed by atoms with Gasteiger partial charge in [0.25, 0.3) is 0 Å². The topological polar surface area (TPSA) is 41.6 Å². The normalized spacial score (nSPS) is 18.5. The summed E-state index contributed by atoms with van der Waals surface area (Å²) in [5, 5.41) is 2.96. The van der Waals surface area contributed by atoms with Gasteiger partial charge in [0.05, 0.1) is 29.8 Å². The standard InChI is InChI=1S/C22H19F9N2O2/c1-11-5-18(16-9-13(20(23,24)25)3-4-17(16)32-11)33(19(34)35-2)10-12-6-14(21(26,27)28)8-15(7-12)22(29,30)31/h3-4,6-9,11,18,32H,5,10H2,1-2H3/t11-,18+/m1/s1. The molecule has 13 heteroatoms. The first kappa shape index (κ1) is 26.5. The maximum Gasteiger partial charge on any atom is 0.416 e. The number of hydrogen-bond donors (Lipinski definition) is 1. The van der Waals surface area contributed by atoms with Gasteiger partial charge in [0.1, 0.15) is 0 Å². The lowest BCUT2D eigenvalue weighted by Crippen LogP contribution is -2.40. The largest absolute Gasteiger partial charge is 0.453 e. The molecule has 1 heterocycles. The Morgan fingerprint density at radius 3 is 1.94 bits per heavy atom. The van der Waals surface area contributed by atoms with E-state index in [-0.39, 0.29) is 29.8 Å². The van der Waals surface area contributed by atoms with Crippen molar-refractivity contribution >= 4 is 11.8 Å². The molecule has 3 rings (SSSR count). The second-order valence-electron chi connectivity index (χ2n) is 8.11. The minimum Gasteiger partial charge on any atom is -0.453 e. The predicted octanol–water partition coefficient (Wildman–Crippen LogP) is 7.26. The van der Waals surface area contributed by atoms with Gasteiger partial charge in [0.2, 0.25) is 0 Å². The highest BCUT2D eigenvalue weighted by molar-refractivity contribution is 5.70. The van der Waals surface area contributed by atoms with Gasteiger partial charge in [-0.1, -0.05) is 0 Å². The Kier molecular flexibility index (Phi) is 6.93. The summed E-state index contributed by atoms with van der Waals surface area (Å²) >= 11 is 0. The molecule has 0 bridgehead atoms. The number of ether oxygens (including phenoxy) is 1. The minimum absolute atomic E-state index is 0.00588. The smallest absolute Gasteiger partial charge is 0.416 e. The first-order valence-corrected chi connectivity index (χ1v) is 10.1. The number of alkyl halides is 9. The van der Waals surface area contributed by atoms with Crippen LogP contribution in [0.1, 0.15) is 47.2 Å². The van der Waals surface area contributed by atoms with Gasteiger partial charge in [0.15, 0.2) is 0 Å². The summed E-state index contributed by atoms with van der Waals surface area (Å²) in [6.45, 7) is 0.891. The number of carbonyl (C=O) groups is 1. The molecule has 0 saturated carbocycles. The SMILES string of the molecule is COC(=O)N(Cc1cc(C(F)(F)F)cc(C(F)(F)F)c1)[C@H]1C[C@@H](C)Nc2ccc(C(F)(F)F)cc21. The molecule has 192 valence electrons. The molecule has 35 heavy (non-hydrogen) atoms. The van der Waals surface area contributed by atoms with Crippen molar-refractivity contribution in [2.24, 2.45) is 0 Å². The highest BCUT2D eigenvalue weighted by atomic mass is 19.4. The molecule has 0 aliphatic carbocycles. The van der Waals surface area contributed by atoms with Crippen molar-refractivity contribution < 1.29 is 49.0 Å². The fourth-order valence-electron chi connectivity index (χ4n) is 3.95. The molecule has 4 nitrogen and oxygen atoms in total. The molecule has 0 fully saturated rings. The predicted molar refractivity (Wildman–Crippen MR) is 106 cm³/mol. The van der Waals surface area contributed by atoms with E-state index in [2.05, 4.69) is 10.1 Å². The number of methoxy groups -OCH3 is 1. The second kappa shape index (κ2) is 9.15. The van der Waals surface area contributed by atoms with E-state index in [9.17, 15) is 44.3 Å². The fraction of sp³-hybridized carbons (Fsp3) is 0.409. The molecule has 0 aromatic heterocycles. The summed E-state index contributed by atoms with van der Waals surface area (Å²) in [4.78, 5) is 13.4. The van der Waals surface area contributed by atoms with Crippen molar-refractivity contribution in [1.29, 1.82) is 0 Å². The van der Waals surface area contributed by atoms with Gasteiger partial charge in [-0.25, -0.2) is 4.79 Å². The van der Waals surface area contributed by atoms with Crippen LogP contribution in [0.5, 0.6) is 0 Å². The zero-order chi connectivity index (χ0) is 26.3. The number of fused-ring (bicyclic) bond motifs is 1. The monoisotopic (exact) mass is 514 g/mol. The lowest BCUT2D eigenvalue weighted by molar-refractivity contribution is -0.143. The Balaban J connectivity index is 2.12. The number of rotatable bonds is 3. The van der Waals surface area contributed by atoms with Crippen molar-refractivity contribution in [3.05, 3.63) is 64.2 Å². The number of amides is 1. The highest BCUT2D eigenvalue weighted by Gasteiger charge is 2.39. The first-order chi connectivity index (χ1) is 16.0. The van der Waals surface area contributed by atoms with Gasteiger partial charge in [-0.05, 0) is 60.9 Å². The van der Waals surface area contributed by atoms with E-state index in [0.29, 0.717) is 12.1 Å². The maximum absolute atomic E-state index is 13.3. The molecule has 0 radical (unpaired) electrons. The molecule has 0 unspecified atom stereocenters. The van der Waals surface area contributed by atoms with E-state index in [1.807, 2.05) is 0 Å². The van der Waals surface area contributed by atoms with Crippen LogP contribution in [-0.4, -0.2) is 24.1 Å². The Labute approximate surface area is 193 Å². The van der Waals surface area contributed by atoms with Crippen molar-refractivity contribution in [2.75, 3.05) is 12.4 Å². The van der Waals surface area contributed by atoms with Crippen LogP contribution in [0.15, 0.2) is 36.4 Å². The molecular weight excluding hydrogens is 495 g/mol. The lowest BCUT2D eigenvalue weighted by Gasteiger charge is -2.38. The Bertz CT molecular complexity index is 1060. The van der Waals surface area contributed by atoms with Crippen LogP contribution in [0, 0.1) is 0 Å².